The van der Waals surface area contributed by atoms with Gasteiger partial charge in [-0.15, -0.1) is 0 Å². The first kappa shape index (κ1) is 14.9. The van der Waals surface area contributed by atoms with Crippen LogP contribution in [0.5, 0.6) is 17.2 Å². The third-order valence-corrected chi connectivity index (χ3v) is 3.38. The first-order valence-electron chi connectivity index (χ1n) is 7.01. The van der Waals surface area contributed by atoms with Gasteiger partial charge < -0.3 is 19.5 Å². The largest absolute Gasteiger partial charge is 0.493 e. The lowest BCUT2D eigenvalue weighted by Gasteiger charge is -2.27. The van der Waals surface area contributed by atoms with E-state index in [1.165, 1.54) is 14.0 Å². The van der Waals surface area contributed by atoms with Crippen LogP contribution in [0, 0.1) is 0 Å². The molecule has 6 nitrogen and oxygen atoms in total. The molecule has 1 aliphatic rings. The van der Waals surface area contributed by atoms with Gasteiger partial charge in [-0.2, -0.15) is 0 Å². The molecule has 0 radical (unpaired) electrons. The summed E-state index contributed by atoms with van der Waals surface area (Å²) in [6.45, 7) is 1.31. The van der Waals surface area contributed by atoms with E-state index in [-0.39, 0.29) is 5.91 Å². The molecule has 3 rings (SSSR count). The van der Waals surface area contributed by atoms with Crippen molar-refractivity contribution in [1.29, 1.82) is 0 Å². The van der Waals surface area contributed by atoms with Crippen molar-refractivity contribution >= 4 is 11.9 Å². The Morgan fingerprint density at radius 2 is 1.96 bits per heavy atom. The summed E-state index contributed by atoms with van der Waals surface area (Å²) in [7, 11) is 1.47. The van der Waals surface area contributed by atoms with Gasteiger partial charge in [0.25, 0.3) is 5.91 Å². The molecule has 0 saturated heterocycles. The molecule has 0 aromatic heterocycles. The van der Waals surface area contributed by atoms with Crippen LogP contribution in [0.25, 0.3) is 0 Å². The van der Waals surface area contributed by atoms with Crippen LogP contribution in [0.4, 0.5) is 0 Å². The molecule has 1 heterocycles. The summed E-state index contributed by atoms with van der Waals surface area (Å²) in [5.74, 6) is 0.567. The van der Waals surface area contributed by atoms with Crippen LogP contribution < -0.4 is 19.5 Å². The number of para-hydroxylation sites is 1. The topological polar surface area (TPSA) is 73.9 Å². The fraction of sp³-hybridized carbons (Fsp3) is 0.176. The first-order valence-corrected chi connectivity index (χ1v) is 7.01. The second-order valence-corrected chi connectivity index (χ2v) is 4.97. The van der Waals surface area contributed by atoms with Gasteiger partial charge in [-0.05, 0) is 30.3 Å². The third-order valence-electron chi connectivity index (χ3n) is 3.38. The monoisotopic (exact) mass is 313 g/mol. The molecule has 2 aromatic carbocycles. The molecule has 2 aromatic rings. The van der Waals surface area contributed by atoms with E-state index in [0.29, 0.717) is 28.4 Å². The van der Waals surface area contributed by atoms with Crippen LogP contribution in [0.1, 0.15) is 29.1 Å². The molecule has 1 amide bonds. The Labute approximate surface area is 133 Å². The number of hydrogen-bond donors (Lipinski definition) is 1. The van der Waals surface area contributed by atoms with Gasteiger partial charge in [0.15, 0.2) is 17.7 Å². The van der Waals surface area contributed by atoms with E-state index >= 15 is 0 Å². The first-order chi connectivity index (χ1) is 11.1. The summed E-state index contributed by atoms with van der Waals surface area (Å²) >= 11 is 0. The number of carbonyl (C=O) groups is 2. The maximum atomic E-state index is 12.1. The highest BCUT2D eigenvalue weighted by Gasteiger charge is 2.27. The predicted octanol–water partition coefficient (Wildman–Crippen LogP) is 2.44. The number of methoxy groups -OCH3 is 1. The number of benzene rings is 2. The Bertz CT molecular complexity index is 771. The van der Waals surface area contributed by atoms with Crippen molar-refractivity contribution in [3.8, 4) is 17.2 Å². The molecule has 1 atom stereocenters. The van der Waals surface area contributed by atoms with Crippen molar-refractivity contribution in [2.24, 2.45) is 0 Å². The summed E-state index contributed by atoms with van der Waals surface area (Å²) in [4.78, 5) is 23.2. The normalized spacial score (nSPS) is 15.9. The lowest BCUT2D eigenvalue weighted by Crippen LogP contribution is -2.36. The van der Waals surface area contributed by atoms with Crippen molar-refractivity contribution in [2.45, 2.75) is 13.2 Å². The molecule has 0 saturated carbocycles. The van der Waals surface area contributed by atoms with Gasteiger partial charge >= 0.3 is 5.97 Å². The molecule has 6 heteroatoms. The molecular formula is C17H15NO5. The van der Waals surface area contributed by atoms with Crippen molar-refractivity contribution in [2.75, 3.05) is 7.11 Å². The van der Waals surface area contributed by atoms with E-state index in [1.54, 1.807) is 42.5 Å². The number of nitrogens with one attached hydrogen (secondary N) is 1. The van der Waals surface area contributed by atoms with Crippen molar-refractivity contribution in [3.05, 3.63) is 53.6 Å². The Morgan fingerprint density at radius 1 is 1.17 bits per heavy atom. The number of amides is 1. The highest BCUT2D eigenvalue weighted by Crippen LogP contribution is 2.34. The number of hydrogen-bond acceptors (Lipinski definition) is 5. The lowest BCUT2D eigenvalue weighted by atomic mass is 10.1. The zero-order valence-corrected chi connectivity index (χ0v) is 12.7. The molecule has 0 bridgehead atoms. The minimum absolute atomic E-state index is 0.208. The minimum Gasteiger partial charge on any atom is -0.493 e. The molecule has 1 unspecified atom stereocenters. The van der Waals surface area contributed by atoms with E-state index in [0.717, 1.165) is 0 Å². The second kappa shape index (κ2) is 6.00. The Hall–Kier alpha value is -3.02. The summed E-state index contributed by atoms with van der Waals surface area (Å²) < 4.78 is 16.1. The maximum absolute atomic E-state index is 12.1. The Balaban J connectivity index is 1.91. The van der Waals surface area contributed by atoms with Gasteiger partial charge in [-0.3, -0.25) is 9.59 Å². The van der Waals surface area contributed by atoms with Crippen molar-refractivity contribution < 1.29 is 23.8 Å². The molecule has 0 fully saturated rings. The highest BCUT2D eigenvalue weighted by molar-refractivity contribution is 5.98. The van der Waals surface area contributed by atoms with Gasteiger partial charge in [-0.1, -0.05) is 12.1 Å². The van der Waals surface area contributed by atoms with Gasteiger partial charge in [0.05, 0.1) is 12.7 Å². The second-order valence-electron chi connectivity index (χ2n) is 4.97. The number of rotatable bonds is 3. The highest BCUT2D eigenvalue weighted by atomic mass is 16.6. The molecule has 1 N–H and O–H groups in total. The van der Waals surface area contributed by atoms with Crippen LogP contribution >= 0.6 is 0 Å². The molecule has 1 aliphatic heterocycles. The summed E-state index contributed by atoms with van der Waals surface area (Å²) in [5.41, 5.74) is 1.17. The number of ether oxygens (including phenoxy) is 3. The SMILES string of the molecule is COc1cc(C2NC(=O)c3ccccc3O2)ccc1OC(C)=O. The Kier molecular flexibility index (Phi) is 3.89. The number of fused-ring (bicyclic) bond motifs is 1. The third kappa shape index (κ3) is 2.96. The van der Waals surface area contributed by atoms with Crippen LogP contribution in [0.3, 0.4) is 0 Å². The van der Waals surface area contributed by atoms with Crippen LogP contribution in [0.2, 0.25) is 0 Å². The summed E-state index contributed by atoms with van der Waals surface area (Å²) in [6.07, 6.45) is -0.641. The maximum Gasteiger partial charge on any atom is 0.308 e. The van der Waals surface area contributed by atoms with Crippen molar-refractivity contribution in [1.82, 2.24) is 5.32 Å². The van der Waals surface area contributed by atoms with Crippen LogP contribution in [0.15, 0.2) is 42.5 Å². The average molecular weight is 313 g/mol. The zero-order chi connectivity index (χ0) is 16.4. The molecule has 23 heavy (non-hydrogen) atoms. The fourth-order valence-corrected chi connectivity index (χ4v) is 2.35. The van der Waals surface area contributed by atoms with E-state index in [4.69, 9.17) is 14.2 Å². The predicted molar refractivity (Wildman–Crippen MR) is 81.6 cm³/mol. The fourth-order valence-electron chi connectivity index (χ4n) is 2.35. The standard InChI is InChI=1S/C17H15NO5/c1-10(19)22-14-8-7-11(9-15(14)21-2)17-18-16(20)12-5-3-4-6-13(12)23-17/h3-9,17H,1-2H3,(H,18,20). The summed E-state index contributed by atoms with van der Waals surface area (Å²) in [5, 5.41) is 2.78. The van der Waals surface area contributed by atoms with E-state index < -0.39 is 12.2 Å². The van der Waals surface area contributed by atoms with Crippen LogP contribution in [-0.4, -0.2) is 19.0 Å². The van der Waals surface area contributed by atoms with Crippen LogP contribution in [-0.2, 0) is 4.79 Å². The molecular weight excluding hydrogens is 298 g/mol. The average Bonchev–Trinajstić information content (AvgIpc) is 2.54. The number of carbonyl (C=O) groups excluding carboxylic acids is 2. The van der Waals surface area contributed by atoms with Gasteiger partial charge in [-0.25, -0.2) is 0 Å². The molecule has 118 valence electrons. The molecule has 0 aliphatic carbocycles. The van der Waals surface area contributed by atoms with E-state index in [1.807, 2.05) is 0 Å². The smallest absolute Gasteiger partial charge is 0.308 e. The zero-order valence-electron chi connectivity index (χ0n) is 12.7. The Morgan fingerprint density at radius 3 is 2.70 bits per heavy atom. The van der Waals surface area contributed by atoms with Gasteiger partial charge in [0, 0.05) is 12.5 Å². The van der Waals surface area contributed by atoms with Gasteiger partial charge in [0.2, 0.25) is 0 Å². The quantitative estimate of drug-likeness (QED) is 0.696. The lowest BCUT2D eigenvalue weighted by molar-refractivity contribution is -0.132. The minimum atomic E-state index is -0.641. The van der Waals surface area contributed by atoms with E-state index in [9.17, 15) is 9.59 Å². The van der Waals surface area contributed by atoms with Gasteiger partial charge in [0.1, 0.15) is 5.75 Å². The number of esters is 1. The summed E-state index contributed by atoms with van der Waals surface area (Å²) in [6, 6.07) is 12.0. The van der Waals surface area contributed by atoms with Crippen molar-refractivity contribution in [3.63, 3.8) is 0 Å². The molecule has 0 spiro atoms. The van der Waals surface area contributed by atoms with E-state index in [2.05, 4.69) is 5.32 Å².